The lowest BCUT2D eigenvalue weighted by Crippen LogP contribution is -2.27. The maximum atomic E-state index is 5.71. The summed E-state index contributed by atoms with van der Waals surface area (Å²) in [7, 11) is 0. The second-order valence-corrected chi connectivity index (χ2v) is 4.75. The summed E-state index contributed by atoms with van der Waals surface area (Å²) in [6.45, 7) is 7.17. The van der Waals surface area contributed by atoms with E-state index >= 15 is 0 Å². The van der Waals surface area contributed by atoms with Crippen LogP contribution in [0, 0.1) is 0 Å². The van der Waals surface area contributed by atoms with Gasteiger partial charge in [-0.2, -0.15) is 0 Å². The summed E-state index contributed by atoms with van der Waals surface area (Å²) in [6, 6.07) is 4.25. The van der Waals surface area contributed by atoms with Crippen LogP contribution in [0.4, 0.5) is 0 Å². The van der Waals surface area contributed by atoms with Crippen LogP contribution in [0.1, 0.15) is 25.1 Å². The SMILES string of the molecule is CCCNCC(C)OCCc1cccs1. The summed E-state index contributed by atoms with van der Waals surface area (Å²) in [6.07, 6.45) is 2.54. The first-order valence-corrected chi connectivity index (χ1v) is 6.55. The molecule has 0 bridgehead atoms. The van der Waals surface area contributed by atoms with Crippen LogP contribution in [0.5, 0.6) is 0 Å². The maximum Gasteiger partial charge on any atom is 0.0671 e. The van der Waals surface area contributed by atoms with Gasteiger partial charge in [0.05, 0.1) is 12.7 Å². The van der Waals surface area contributed by atoms with E-state index in [2.05, 4.69) is 36.7 Å². The average molecular weight is 227 g/mol. The fraction of sp³-hybridized carbons (Fsp3) is 0.667. The van der Waals surface area contributed by atoms with Gasteiger partial charge in [0, 0.05) is 17.8 Å². The van der Waals surface area contributed by atoms with E-state index < -0.39 is 0 Å². The Balaban J connectivity index is 1.99. The number of nitrogens with one attached hydrogen (secondary N) is 1. The van der Waals surface area contributed by atoms with E-state index in [0.29, 0.717) is 6.10 Å². The first kappa shape index (κ1) is 12.7. The van der Waals surface area contributed by atoms with Crippen molar-refractivity contribution in [2.45, 2.75) is 32.8 Å². The van der Waals surface area contributed by atoms with Gasteiger partial charge in [-0.1, -0.05) is 13.0 Å². The van der Waals surface area contributed by atoms with Crippen molar-refractivity contribution in [2.75, 3.05) is 19.7 Å². The first-order valence-electron chi connectivity index (χ1n) is 5.67. The van der Waals surface area contributed by atoms with E-state index in [0.717, 1.165) is 26.1 Å². The lowest BCUT2D eigenvalue weighted by atomic mass is 10.3. The van der Waals surface area contributed by atoms with Gasteiger partial charge in [-0.05, 0) is 31.3 Å². The van der Waals surface area contributed by atoms with Crippen LogP contribution in [-0.2, 0) is 11.2 Å². The number of hydrogen-bond acceptors (Lipinski definition) is 3. The summed E-state index contributed by atoms with van der Waals surface area (Å²) in [5.41, 5.74) is 0. The third-order valence-electron chi connectivity index (χ3n) is 2.19. The molecule has 1 heterocycles. The minimum Gasteiger partial charge on any atom is -0.377 e. The normalized spacial score (nSPS) is 12.9. The molecule has 15 heavy (non-hydrogen) atoms. The van der Waals surface area contributed by atoms with Crippen LogP contribution in [0.2, 0.25) is 0 Å². The van der Waals surface area contributed by atoms with Gasteiger partial charge < -0.3 is 10.1 Å². The molecular weight excluding hydrogens is 206 g/mol. The Morgan fingerprint density at radius 2 is 2.40 bits per heavy atom. The molecule has 86 valence electrons. The highest BCUT2D eigenvalue weighted by molar-refractivity contribution is 7.09. The summed E-state index contributed by atoms with van der Waals surface area (Å²) in [5.74, 6) is 0. The third-order valence-corrected chi connectivity index (χ3v) is 3.13. The molecule has 1 unspecified atom stereocenters. The first-order chi connectivity index (χ1) is 7.33. The lowest BCUT2D eigenvalue weighted by Gasteiger charge is -2.13. The van der Waals surface area contributed by atoms with Crippen LogP contribution in [0.25, 0.3) is 0 Å². The van der Waals surface area contributed by atoms with Crippen LogP contribution < -0.4 is 5.32 Å². The maximum absolute atomic E-state index is 5.71. The second-order valence-electron chi connectivity index (χ2n) is 3.71. The molecule has 0 fully saturated rings. The molecule has 1 N–H and O–H groups in total. The number of ether oxygens (including phenoxy) is 1. The van der Waals surface area contributed by atoms with E-state index in [-0.39, 0.29) is 0 Å². The summed E-state index contributed by atoms with van der Waals surface area (Å²) < 4.78 is 5.71. The molecule has 0 amide bonds. The van der Waals surface area contributed by atoms with Gasteiger partial charge in [-0.25, -0.2) is 0 Å². The average Bonchev–Trinajstić information content (AvgIpc) is 2.71. The summed E-state index contributed by atoms with van der Waals surface area (Å²) >= 11 is 1.80. The zero-order chi connectivity index (χ0) is 10.9. The molecule has 0 aliphatic carbocycles. The smallest absolute Gasteiger partial charge is 0.0671 e. The molecule has 0 spiro atoms. The Kier molecular flexibility index (Phi) is 6.64. The fourth-order valence-electron chi connectivity index (χ4n) is 1.36. The van der Waals surface area contributed by atoms with Gasteiger partial charge in [0.2, 0.25) is 0 Å². The molecule has 0 radical (unpaired) electrons. The molecule has 0 aromatic carbocycles. The minimum absolute atomic E-state index is 0.316. The van der Waals surface area contributed by atoms with Crippen molar-refractivity contribution in [1.82, 2.24) is 5.32 Å². The van der Waals surface area contributed by atoms with Crippen molar-refractivity contribution in [2.24, 2.45) is 0 Å². The Labute approximate surface area is 96.7 Å². The van der Waals surface area contributed by atoms with Crippen molar-refractivity contribution in [3.8, 4) is 0 Å². The van der Waals surface area contributed by atoms with Crippen molar-refractivity contribution >= 4 is 11.3 Å². The van der Waals surface area contributed by atoms with Gasteiger partial charge in [0.25, 0.3) is 0 Å². The van der Waals surface area contributed by atoms with E-state index in [9.17, 15) is 0 Å². The molecule has 0 aliphatic heterocycles. The van der Waals surface area contributed by atoms with Crippen LogP contribution in [0.15, 0.2) is 17.5 Å². The molecule has 0 saturated carbocycles. The Hall–Kier alpha value is -0.380. The number of rotatable bonds is 8. The van der Waals surface area contributed by atoms with Crippen molar-refractivity contribution in [1.29, 1.82) is 0 Å². The molecular formula is C12H21NOS. The Morgan fingerprint density at radius 3 is 3.07 bits per heavy atom. The molecule has 3 heteroatoms. The van der Waals surface area contributed by atoms with Gasteiger partial charge >= 0.3 is 0 Å². The van der Waals surface area contributed by atoms with Crippen LogP contribution in [0.3, 0.4) is 0 Å². The molecule has 2 nitrogen and oxygen atoms in total. The van der Waals surface area contributed by atoms with Gasteiger partial charge in [-0.15, -0.1) is 11.3 Å². The largest absolute Gasteiger partial charge is 0.377 e. The van der Waals surface area contributed by atoms with E-state index in [1.807, 2.05) is 0 Å². The van der Waals surface area contributed by atoms with Gasteiger partial charge in [-0.3, -0.25) is 0 Å². The lowest BCUT2D eigenvalue weighted by molar-refractivity contribution is 0.0687. The molecule has 1 rings (SSSR count). The van der Waals surface area contributed by atoms with E-state index in [1.54, 1.807) is 11.3 Å². The number of hydrogen-bond donors (Lipinski definition) is 1. The predicted molar refractivity (Wildman–Crippen MR) is 66.6 cm³/mol. The van der Waals surface area contributed by atoms with Crippen molar-refractivity contribution in [3.05, 3.63) is 22.4 Å². The van der Waals surface area contributed by atoms with Gasteiger partial charge in [0.1, 0.15) is 0 Å². The number of thiophene rings is 1. The zero-order valence-electron chi connectivity index (χ0n) is 9.66. The topological polar surface area (TPSA) is 21.3 Å². The summed E-state index contributed by atoms with van der Waals surface area (Å²) in [5, 5.41) is 5.47. The Bertz CT molecular complexity index is 236. The minimum atomic E-state index is 0.316. The third kappa shape index (κ3) is 5.92. The van der Waals surface area contributed by atoms with Crippen molar-refractivity contribution < 1.29 is 4.74 Å². The Morgan fingerprint density at radius 1 is 1.53 bits per heavy atom. The highest BCUT2D eigenvalue weighted by Crippen LogP contribution is 2.09. The molecule has 1 aromatic rings. The highest BCUT2D eigenvalue weighted by Gasteiger charge is 2.01. The summed E-state index contributed by atoms with van der Waals surface area (Å²) in [4.78, 5) is 1.41. The second kappa shape index (κ2) is 7.85. The molecule has 0 aliphatic rings. The standard InChI is InChI=1S/C12H21NOS/c1-3-7-13-10-11(2)14-8-6-12-5-4-9-15-12/h4-5,9,11,13H,3,6-8,10H2,1-2H3. The van der Waals surface area contributed by atoms with E-state index in [4.69, 9.17) is 4.74 Å². The molecule has 0 saturated heterocycles. The predicted octanol–water partition coefficient (Wildman–Crippen LogP) is 2.70. The van der Waals surface area contributed by atoms with Crippen LogP contribution in [-0.4, -0.2) is 25.8 Å². The fourth-order valence-corrected chi connectivity index (χ4v) is 2.05. The van der Waals surface area contributed by atoms with E-state index in [1.165, 1.54) is 11.3 Å². The zero-order valence-corrected chi connectivity index (χ0v) is 10.5. The molecule has 1 aromatic heterocycles. The van der Waals surface area contributed by atoms with Crippen molar-refractivity contribution in [3.63, 3.8) is 0 Å². The van der Waals surface area contributed by atoms with Crippen LogP contribution >= 0.6 is 11.3 Å². The monoisotopic (exact) mass is 227 g/mol. The van der Waals surface area contributed by atoms with Gasteiger partial charge in [0.15, 0.2) is 0 Å². The quantitative estimate of drug-likeness (QED) is 0.689. The highest BCUT2D eigenvalue weighted by atomic mass is 32.1. The molecule has 1 atom stereocenters.